The minimum atomic E-state index is -0.538. The van der Waals surface area contributed by atoms with E-state index in [1.165, 1.54) is 11.8 Å². The number of rotatable bonds is 4. The van der Waals surface area contributed by atoms with Gasteiger partial charge in [0.1, 0.15) is 5.25 Å². The summed E-state index contributed by atoms with van der Waals surface area (Å²) < 4.78 is 0. The molecule has 0 aliphatic carbocycles. The average molecular weight is 422 g/mol. The zero-order valence-electron chi connectivity index (χ0n) is 14.7. The summed E-state index contributed by atoms with van der Waals surface area (Å²) in [5, 5.41) is 6.57. The smallest absolute Gasteiger partial charge is 0.240 e. The molecule has 2 N–H and O–H groups in total. The van der Waals surface area contributed by atoms with Crippen molar-refractivity contribution in [1.82, 2.24) is 5.32 Å². The molecule has 0 saturated carbocycles. The summed E-state index contributed by atoms with van der Waals surface area (Å²) in [5.74, 6) is -0.498. The predicted molar refractivity (Wildman–Crippen MR) is 112 cm³/mol. The highest BCUT2D eigenvalue weighted by atomic mass is 35.5. The molecule has 0 unspecified atom stereocenters. The first-order valence-electron chi connectivity index (χ1n) is 8.20. The summed E-state index contributed by atoms with van der Waals surface area (Å²) in [5.41, 5.74) is 3.14. The van der Waals surface area contributed by atoms with Crippen molar-refractivity contribution in [3.05, 3.63) is 57.6 Å². The van der Waals surface area contributed by atoms with Crippen LogP contribution in [0, 0.1) is 13.8 Å². The summed E-state index contributed by atoms with van der Waals surface area (Å²) in [6.07, 6.45) is 0.0378. The highest BCUT2D eigenvalue weighted by Crippen LogP contribution is 2.28. The lowest BCUT2D eigenvalue weighted by Gasteiger charge is -2.10. The molecule has 1 heterocycles. The van der Waals surface area contributed by atoms with E-state index >= 15 is 0 Å². The van der Waals surface area contributed by atoms with Crippen molar-refractivity contribution in [3.63, 3.8) is 0 Å². The van der Waals surface area contributed by atoms with Crippen LogP contribution < -0.4 is 10.6 Å². The number of hydrogen-bond donors (Lipinski definition) is 2. The van der Waals surface area contributed by atoms with Gasteiger partial charge in [0.15, 0.2) is 5.17 Å². The molecule has 2 aromatic rings. The molecular weight excluding hydrogens is 405 g/mol. The molecule has 1 saturated heterocycles. The highest BCUT2D eigenvalue weighted by Gasteiger charge is 2.32. The van der Waals surface area contributed by atoms with Crippen LogP contribution in [0.25, 0.3) is 0 Å². The van der Waals surface area contributed by atoms with Gasteiger partial charge in [-0.05, 0) is 49.2 Å². The van der Waals surface area contributed by atoms with Crippen molar-refractivity contribution in [2.45, 2.75) is 25.5 Å². The second-order valence-electron chi connectivity index (χ2n) is 6.16. The number of benzene rings is 2. The van der Waals surface area contributed by atoms with E-state index in [1.54, 1.807) is 18.2 Å². The Morgan fingerprint density at radius 3 is 2.67 bits per heavy atom. The molecule has 0 aromatic heterocycles. The summed E-state index contributed by atoms with van der Waals surface area (Å²) in [6.45, 7) is 3.78. The fraction of sp³-hybridized carbons (Fsp3) is 0.211. The maximum atomic E-state index is 12.3. The van der Waals surface area contributed by atoms with Crippen LogP contribution in [0.4, 0.5) is 11.4 Å². The predicted octanol–water partition coefficient (Wildman–Crippen LogP) is 4.86. The van der Waals surface area contributed by atoms with Crippen LogP contribution >= 0.6 is 35.0 Å². The van der Waals surface area contributed by atoms with Gasteiger partial charge in [-0.3, -0.25) is 9.59 Å². The fourth-order valence-corrected chi connectivity index (χ4v) is 3.79. The molecule has 1 atom stereocenters. The lowest BCUT2D eigenvalue weighted by atomic mass is 10.2. The Hall–Kier alpha value is -2.02. The molecule has 27 heavy (non-hydrogen) atoms. The SMILES string of the molecule is Cc1ccc(N=C2NC(=O)[C@@H](CC(=O)Nc3cc(Cl)ccc3C)S2)cc1Cl. The van der Waals surface area contributed by atoms with Gasteiger partial charge >= 0.3 is 0 Å². The first-order valence-corrected chi connectivity index (χ1v) is 9.84. The number of amides is 2. The molecule has 1 aliphatic rings. The van der Waals surface area contributed by atoms with E-state index in [0.717, 1.165) is 11.1 Å². The maximum absolute atomic E-state index is 12.3. The number of aryl methyl sites for hydroxylation is 2. The van der Waals surface area contributed by atoms with E-state index in [0.29, 0.717) is 26.6 Å². The third-order valence-corrected chi connectivity index (χ3v) is 5.73. The van der Waals surface area contributed by atoms with Crippen LogP contribution in [0.1, 0.15) is 17.5 Å². The number of nitrogens with one attached hydrogen (secondary N) is 2. The Labute approximate surface area is 171 Å². The van der Waals surface area contributed by atoms with Crippen LogP contribution in [-0.2, 0) is 9.59 Å². The van der Waals surface area contributed by atoms with E-state index in [9.17, 15) is 9.59 Å². The molecule has 0 bridgehead atoms. The van der Waals surface area contributed by atoms with Gasteiger partial charge in [-0.1, -0.05) is 47.1 Å². The molecule has 0 radical (unpaired) electrons. The largest absolute Gasteiger partial charge is 0.326 e. The molecule has 0 spiro atoms. The number of halogens is 2. The minimum absolute atomic E-state index is 0.0378. The number of aliphatic imine (C=N–C) groups is 1. The van der Waals surface area contributed by atoms with Crippen molar-refractivity contribution >= 4 is 63.3 Å². The van der Waals surface area contributed by atoms with Gasteiger partial charge in [-0.25, -0.2) is 4.99 Å². The van der Waals surface area contributed by atoms with Crippen LogP contribution in [0.15, 0.2) is 41.4 Å². The summed E-state index contributed by atoms with van der Waals surface area (Å²) in [7, 11) is 0. The standard InChI is InChI=1S/C19H17Cl2N3O2S/c1-10-4-6-13(8-14(10)21)22-19-24-18(26)16(27-19)9-17(25)23-15-7-12(20)5-3-11(15)2/h3-8,16H,9H2,1-2H3,(H,23,25)(H,22,24,26)/t16-/m1/s1. The van der Waals surface area contributed by atoms with Crippen molar-refractivity contribution in [3.8, 4) is 0 Å². The van der Waals surface area contributed by atoms with Crippen LogP contribution in [0.3, 0.4) is 0 Å². The molecule has 2 amide bonds. The zero-order valence-corrected chi connectivity index (χ0v) is 17.0. The molecule has 8 heteroatoms. The molecule has 1 fully saturated rings. The Morgan fingerprint density at radius 1 is 1.19 bits per heavy atom. The van der Waals surface area contributed by atoms with Gasteiger partial charge in [0.25, 0.3) is 0 Å². The Kier molecular flexibility index (Phi) is 6.09. The van der Waals surface area contributed by atoms with Crippen molar-refractivity contribution < 1.29 is 9.59 Å². The van der Waals surface area contributed by atoms with Crippen LogP contribution in [0.5, 0.6) is 0 Å². The average Bonchev–Trinajstić information content (AvgIpc) is 2.93. The Bertz CT molecular complexity index is 947. The topological polar surface area (TPSA) is 70.6 Å². The molecule has 2 aromatic carbocycles. The van der Waals surface area contributed by atoms with Gasteiger partial charge in [0.05, 0.1) is 5.69 Å². The number of anilines is 1. The van der Waals surface area contributed by atoms with Gasteiger partial charge in [-0.2, -0.15) is 0 Å². The van der Waals surface area contributed by atoms with Crippen molar-refractivity contribution in [1.29, 1.82) is 0 Å². The van der Waals surface area contributed by atoms with Crippen molar-refractivity contribution in [2.24, 2.45) is 4.99 Å². The molecule has 5 nitrogen and oxygen atoms in total. The number of hydrogen-bond acceptors (Lipinski definition) is 4. The lowest BCUT2D eigenvalue weighted by Crippen LogP contribution is -2.28. The second-order valence-corrected chi connectivity index (χ2v) is 8.19. The van der Waals surface area contributed by atoms with E-state index in [-0.39, 0.29) is 18.2 Å². The van der Waals surface area contributed by atoms with Crippen molar-refractivity contribution in [2.75, 3.05) is 5.32 Å². The first kappa shape index (κ1) is 19.7. The monoisotopic (exact) mass is 421 g/mol. The van der Waals surface area contributed by atoms with E-state index < -0.39 is 5.25 Å². The molecule has 1 aliphatic heterocycles. The maximum Gasteiger partial charge on any atom is 0.240 e. The van der Waals surface area contributed by atoms with Crippen LogP contribution in [0.2, 0.25) is 10.0 Å². The summed E-state index contributed by atoms with van der Waals surface area (Å²) in [4.78, 5) is 28.9. The number of nitrogens with zero attached hydrogens (tertiary/aromatic N) is 1. The Balaban J connectivity index is 1.65. The van der Waals surface area contributed by atoms with Gasteiger partial charge < -0.3 is 10.6 Å². The molecule has 140 valence electrons. The number of carbonyl (C=O) groups excluding carboxylic acids is 2. The number of thioether (sulfide) groups is 1. The summed E-state index contributed by atoms with van der Waals surface area (Å²) in [6, 6.07) is 10.7. The molecular formula is C19H17Cl2N3O2S. The zero-order chi connectivity index (χ0) is 19.6. The van der Waals surface area contributed by atoms with Crippen LogP contribution in [-0.4, -0.2) is 22.2 Å². The molecule has 3 rings (SSSR count). The number of carbonyl (C=O) groups is 2. The van der Waals surface area contributed by atoms with Gasteiger partial charge in [-0.15, -0.1) is 0 Å². The Morgan fingerprint density at radius 2 is 1.93 bits per heavy atom. The summed E-state index contributed by atoms with van der Waals surface area (Å²) >= 11 is 13.3. The van der Waals surface area contributed by atoms with Gasteiger partial charge in [0, 0.05) is 22.2 Å². The lowest BCUT2D eigenvalue weighted by molar-refractivity contribution is -0.122. The van der Waals surface area contributed by atoms with E-state index in [4.69, 9.17) is 23.2 Å². The van der Waals surface area contributed by atoms with E-state index in [2.05, 4.69) is 15.6 Å². The third kappa shape index (κ3) is 5.03. The first-order chi connectivity index (χ1) is 12.8. The normalized spacial score (nSPS) is 17.9. The fourth-order valence-electron chi connectivity index (χ4n) is 2.46. The van der Waals surface area contributed by atoms with Gasteiger partial charge in [0.2, 0.25) is 11.8 Å². The third-order valence-electron chi connectivity index (χ3n) is 4.01. The number of amidine groups is 1. The highest BCUT2D eigenvalue weighted by molar-refractivity contribution is 8.15. The minimum Gasteiger partial charge on any atom is -0.326 e. The quantitative estimate of drug-likeness (QED) is 0.740. The van der Waals surface area contributed by atoms with E-state index in [1.807, 2.05) is 32.0 Å². The second kappa shape index (κ2) is 8.33.